The van der Waals surface area contributed by atoms with E-state index in [2.05, 4.69) is 34.6 Å². The van der Waals surface area contributed by atoms with Gasteiger partial charge in [-0.25, -0.2) is 0 Å². The van der Waals surface area contributed by atoms with Gasteiger partial charge in [-0.2, -0.15) is 0 Å². The second-order valence-electron chi connectivity index (χ2n) is 16.6. The van der Waals surface area contributed by atoms with Crippen LogP contribution in [0.5, 0.6) is 0 Å². The molecule has 0 aliphatic heterocycles. The van der Waals surface area contributed by atoms with Crippen molar-refractivity contribution in [2.45, 2.75) is 253 Å². The molecule has 52 heavy (non-hydrogen) atoms. The van der Waals surface area contributed by atoms with Crippen LogP contribution < -0.4 is 0 Å². The summed E-state index contributed by atoms with van der Waals surface area (Å²) in [7, 11) is 0. The van der Waals surface area contributed by atoms with Gasteiger partial charge in [0.15, 0.2) is 6.10 Å². The summed E-state index contributed by atoms with van der Waals surface area (Å²) in [5.74, 6) is 0.787. The molecule has 1 atom stereocenters. The second-order valence-corrected chi connectivity index (χ2v) is 16.6. The molecule has 0 bridgehead atoms. The number of carbonyl (C=O) groups is 3. The Labute approximate surface area is 323 Å². The Morgan fingerprint density at radius 3 is 0.942 bits per heavy atom. The molecule has 0 aliphatic rings. The van der Waals surface area contributed by atoms with Crippen molar-refractivity contribution >= 4 is 17.9 Å². The van der Waals surface area contributed by atoms with E-state index in [0.29, 0.717) is 19.3 Å². The Morgan fingerprint density at radius 2 is 0.635 bits per heavy atom. The summed E-state index contributed by atoms with van der Waals surface area (Å²) in [4.78, 5) is 37.4. The van der Waals surface area contributed by atoms with Crippen molar-refractivity contribution in [2.75, 3.05) is 13.2 Å². The van der Waals surface area contributed by atoms with Crippen LogP contribution in [0.3, 0.4) is 0 Å². The Bertz CT molecular complexity index is 794. The first kappa shape index (κ1) is 50.4. The summed E-state index contributed by atoms with van der Waals surface area (Å²) in [6.45, 7) is 11.3. The molecule has 0 amide bonds. The van der Waals surface area contributed by atoms with Crippen molar-refractivity contribution in [1.82, 2.24) is 0 Å². The Kier molecular flexibility index (Phi) is 37.9. The number of hydrogen-bond donors (Lipinski definition) is 0. The molecule has 0 fully saturated rings. The molecule has 0 rings (SSSR count). The van der Waals surface area contributed by atoms with Gasteiger partial charge >= 0.3 is 17.9 Å². The molecule has 0 aromatic carbocycles. The highest BCUT2D eigenvalue weighted by molar-refractivity contribution is 5.71. The highest BCUT2D eigenvalue weighted by Gasteiger charge is 2.19. The van der Waals surface area contributed by atoms with E-state index in [1.165, 1.54) is 128 Å². The highest BCUT2D eigenvalue weighted by Crippen LogP contribution is 2.16. The molecule has 0 unspecified atom stereocenters. The molecule has 0 aromatic rings. The van der Waals surface area contributed by atoms with E-state index in [0.717, 1.165) is 76.0 Å². The summed E-state index contributed by atoms with van der Waals surface area (Å²) < 4.78 is 16.6. The maximum absolute atomic E-state index is 12.5. The fraction of sp³-hybridized carbons (Fsp3) is 0.935. The lowest BCUT2D eigenvalue weighted by Crippen LogP contribution is -2.30. The predicted molar refractivity (Wildman–Crippen MR) is 220 cm³/mol. The normalized spacial score (nSPS) is 12.1. The third-order valence-corrected chi connectivity index (χ3v) is 10.2. The number of ether oxygens (including phenoxy) is 3. The molecule has 308 valence electrons. The fourth-order valence-electron chi connectivity index (χ4n) is 6.75. The summed E-state index contributed by atoms with van der Waals surface area (Å²) in [6.07, 6.45) is 36.9. The van der Waals surface area contributed by atoms with Crippen molar-refractivity contribution in [1.29, 1.82) is 0 Å². The van der Waals surface area contributed by atoms with Gasteiger partial charge in [0.2, 0.25) is 0 Å². The van der Waals surface area contributed by atoms with E-state index in [9.17, 15) is 14.4 Å². The molecule has 0 N–H and O–H groups in total. The molecular formula is C46H88O6. The standard InChI is InChI=1S/C46H88O6/c1-6-7-8-24-33-38-46(49)52-43(40-51-45(48)37-32-28-23-19-15-14-17-21-26-30-35-42(4)5)39-50-44(47)36-31-27-22-18-13-11-9-10-12-16-20-25-29-34-41(2)3/h41-43H,6-40H2,1-5H3/t43-/m1/s1. The van der Waals surface area contributed by atoms with Gasteiger partial charge in [0, 0.05) is 19.3 Å². The number of unbranched alkanes of at least 4 members (excludes halogenated alkanes) is 25. The van der Waals surface area contributed by atoms with Crippen molar-refractivity contribution in [2.24, 2.45) is 11.8 Å². The van der Waals surface area contributed by atoms with Gasteiger partial charge in [0.25, 0.3) is 0 Å². The SMILES string of the molecule is CCCCCCCC(=O)O[C@H](COC(=O)CCCCCCCCCCCCCCCC(C)C)COC(=O)CCCCCCCCCCCCC(C)C. The first-order valence-electron chi connectivity index (χ1n) is 22.7. The van der Waals surface area contributed by atoms with Crippen LogP contribution in [0.15, 0.2) is 0 Å². The van der Waals surface area contributed by atoms with Crippen LogP contribution in [0.25, 0.3) is 0 Å². The number of hydrogen-bond acceptors (Lipinski definition) is 6. The lowest BCUT2D eigenvalue weighted by atomic mass is 10.0. The smallest absolute Gasteiger partial charge is 0.306 e. The lowest BCUT2D eigenvalue weighted by molar-refractivity contribution is -0.167. The fourth-order valence-corrected chi connectivity index (χ4v) is 6.75. The van der Waals surface area contributed by atoms with Gasteiger partial charge in [0.05, 0.1) is 0 Å². The third-order valence-electron chi connectivity index (χ3n) is 10.2. The van der Waals surface area contributed by atoms with Crippen LogP contribution in [-0.2, 0) is 28.6 Å². The maximum atomic E-state index is 12.5. The lowest BCUT2D eigenvalue weighted by Gasteiger charge is -2.18. The van der Waals surface area contributed by atoms with Crippen molar-refractivity contribution < 1.29 is 28.6 Å². The van der Waals surface area contributed by atoms with E-state index in [4.69, 9.17) is 14.2 Å². The average Bonchev–Trinajstić information content (AvgIpc) is 3.11. The first-order valence-corrected chi connectivity index (χ1v) is 22.7. The van der Waals surface area contributed by atoms with Gasteiger partial charge in [0.1, 0.15) is 13.2 Å². The highest BCUT2D eigenvalue weighted by atomic mass is 16.6. The number of carbonyl (C=O) groups excluding carboxylic acids is 3. The van der Waals surface area contributed by atoms with Gasteiger partial charge in [-0.1, -0.05) is 208 Å². The molecule has 0 saturated heterocycles. The predicted octanol–water partition coefficient (Wildman–Crippen LogP) is 14.2. The number of esters is 3. The average molecular weight is 737 g/mol. The molecule has 0 spiro atoms. The van der Waals surface area contributed by atoms with Crippen molar-refractivity contribution in [3.8, 4) is 0 Å². The van der Waals surface area contributed by atoms with Crippen LogP contribution in [-0.4, -0.2) is 37.2 Å². The first-order chi connectivity index (χ1) is 25.2. The van der Waals surface area contributed by atoms with E-state index in [1.807, 2.05) is 0 Å². The van der Waals surface area contributed by atoms with E-state index in [-0.39, 0.29) is 31.1 Å². The van der Waals surface area contributed by atoms with Crippen LogP contribution in [0.4, 0.5) is 0 Å². The number of rotatable bonds is 40. The van der Waals surface area contributed by atoms with Crippen LogP contribution >= 0.6 is 0 Å². The minimum absolute atomic E-state index is 0.0661. The zero-order valence-corrected chi connectivity index (χ0v) is 35.4. The Hall–Kier alpha value is -1.59. The van der Waals surface area contributed by atoms with Gasteiger partial charge in [-0.05, 0) is 31.1 Å². The summed E-state index contributed by atoms with van der Waals surface area (Å²) >= 11 is 0. The Balaban J connectivity index is 4.13. The molecule has 0 radical (unpaired) electrons. The largest absolute Gasteiger partial charge is 0.462 e. The van der Waals surface area contributed by atoms with Crippen LogP contribution in [0.1, 0.15) is 247 Å². The molecule has 6 nitrogen and oxygen atoms in total. The van der Waals surface area contributed by atoms with Crippen LogP contribution in [0, 0.1) is 11.8 Å². The van der Waals surface area contributed by atoms with Gasteiger partial charge < -0.3 is 14.2 Å². The van der Waals surface area contributed by atoms with E-state index in [1.54, 1.807) is 0 Å². The van der Waals surface area contributed by atoms with Gasteiger partial charge in [-0.15, -0.1) is 0 Å². The molecule has 0 saturated carbocycles. The third kappa shape index (κ3) is 39.6. The molecule has 6 heteroatoms. The quantitative estimate of drug-likeness (QED) is 0.0354. The minimum Gasteiger partial charge on any atom is -0.462 e. The van der Waals surface area contributed by atoms with Gasteiger partial charge in [-0.3, -0.25) is 14.4 Å². The molecule has 0 heterocycles. The zero-order chi connectivity index (χ0) is 38.3. The summed E-state index contributed by atoms with van der Waals surface area (Å²) in [5.41, 5.74) is 0. The minimum atomic E-state index is -0.758. The molecule has 0 aliphatic carbocycles. The Morgan fingerprint density at radius 1 is 0.365 bits per heavy atom. The van der Waals surface area contributed by atoms with E-state index < -0.39 is 6.10 Å². The van der Waals surface area contributed by atoms with Crippen molar-refractivity contribution in [3.63, 3.8) is 0 Å². The molecule has 0 aromatic heterocycles. The monoisotopic (exact) mass is 737 g/mol. The summed E-state index contributed by atoms with van der Waals surface area (Å²) in [5, 5.41) is 0. The van der Waals surface area contributed by atoms with Crippen molar-refractivity contribution in [3.05, 3.63) is 0 Å². The topological polar surface area (TPSA) is 78.9 Å². The summed E-state index contributed by atoms with van der Waals surface area (Å²) in [6, 6.07) is 0. The second kappa shape index (κ2) is 39.1. The molecular weight excluding hydrogens is 649 g/mol. The van der Waals surface area contributed by atoms with E-state index >= 15 is 0 Å². The maximum Gasteiger partial charge on any atom is 0.306 e. The van der Waals surface area contributed by atoms with Crippen LogP contribution in [0.2, 0.25) is 0 Å². The zero-order valence-electron chi connectivity index (χ0n) is 35.4.